The van der Waals surface area contributed by atoms with Gasteiger partial charge in [-0.05, 0) is 43.9 Å². The molecule has 0 radical (unpaired) electrons. The van der Waals surface area contributed by atoms with E-state index in [-0.39, 0.29) is 11.6 Å². The van der Waals surface area contributed by atoms with Gasteiger partial charge >= 0.3 is 6.09 Å². The predicted octanol–water partition coefficient (Wildman–Crippen LogP) is 2.82. The molecule has 1 aliphatic rings. The summed E-state index contributed by atoms with van der Waals surface area (Å²) in [5.74, 6) is 0.823. The fraction of sp³-hybridized carbons (Fsp3) is 0.500. The van der Waals surface area contributed by atoms with Gasteiger partial charge in [0.1, 0.15) is 5.75 Å². The molecule has 1 fully saturated rings. The smallest absolute Gasteiger partial charge is 0.407 e. The van der Waals surface area contributed by atoms with Gasteiger partial charge in [-0.3, -0.25) is 0 Å². The van der Waals surface area contributed by atoms with E-state index in [0.29, 0.717) is 6.61 Å². The number of benzene rings is 1. The van der Waals surface area contributed by atoms with E-state index in [1.54, 1.807) is 14.0 Å². The fourth-order valence-corrected chi connectivity index (χ4v) is 2.29. The quantitative estimate of drug-likeness (QED) is 0.892. The molecule has 0 atom stereocenters. The lowest BCUT2D eigenvalue weighted by atomic mass is 9.72. The van der Waals surface area contributed by atoms with Crippen molar-refractivity contribution in [3.8, 4) is 5.75 Å². The number of ether oxygens (including phenoxy) is 2. The second kappa shape index (κ2) is 5.29. The number of alkyl carbamates (subject to hydrolysis) is 1. The largest absolute Gasteiger partial charge is 0.497 e. The number of methoxy groups -OCH3 is 1. The van der Waals surface area contributed by atoms with Crippen LogP contribution in [0.2, 0.25) is 0 Å². The van der Waals surface area contributed by atoms with E-state index >= 15 is 0 Å². The highest BCUT2D eigenvalue weighted by Crippen LogP contribution is 2.41. The summed E-state index contributed by atoms with van der Waals surface area (Å²) in [6, 6.07) is 7.85. The topological polar surface area (TPSA) is 47.6 Å². The Morgan fingerprint density at radius 1 is 1.33 bits per heavy atom. The lowest BCUT2D eigenvalue weighted by molar-refractivity contribution is 0.115. The molecule has 0 unspecified atom stereocenters. The van der Waals surface area contributed by atoms with Gasteiger partial charge in [-0.2, -0.15) is 0 Å². The first kappa shape index (κ1) is 12.7. The van der Waals surface area contributed by atoms with Crippen molar-refractivity contribution in [1.82, 2.24) is 5.32 Å². The molecular weight excluding hydrogens is 230 g/mol. The van der Waals surface area contributed by atoms with E-state index < -0.39 is 0 Å². The summed E-state index contributed by atoms with van der Waals surface area (Å²) < 4.78 is 10.1. The molecule has 4 heteroatoms. The van der Waals surface area contributed by atoms with Crippen molar-refractivity contribution in [2.24, 2.45) is 0 Å². The van der Waals surface area contributed by atoms with Gasteiger partial charge in [-0.25, -0.2) is 4.79 Å². The molecule has 18 heavy (non-hydrogen) atoms. The highest BCUT2D eigenvalue weighted by atomic mass is 16.5. The zero-order valence-corrected chi connectivity index (χ0v) is 10.9. The minimum atomic E-state index is -0.340. The Kier molecular flexibility index (Phi) is 3.75. The Morgan fingerprint density at radius 3 is 2.44 bits per heavy atom. The number of nitrogens with one attached hydrogen (secondary N) is 1. The van der Waals surface area contributed by atoms with Crippen LogP contribution in [0.1, 0.15) is 31.7 Å². The Morgan fingerprint density at radius 2 is 2.00 bits per heavy atom. The number of amides is 1. The summed E-state index contributed by atoms with van der Waals surface area (Å²) in [5.41, 5.74) is 0.862. The minimum absolute atomic E-state index is 0.251. The minimum Gasteiger partial charge on any atom is -0.497 e. The van der Waals surface area contributed by atoms with Crippen molar-refractivity contribution in [2.75, 3.05) is 13.7 Å². The maximum Gasteiger partial charge on any atom is 0.407 e. The van der Waals surface area contributed by atoms with Gasteiger partial charge in [0.15, 0.2) is 0 Å². The number of hydrogen-bond acceptors (Lipinski definition) is 3. The number of hydrogen-bond donors (Lipinski definition) is 1. The van der Waals surface area contributed by atoms with Crippen LogP contribution in [0.3, 0.4) is 0 Å². The van der Waals surface area contributed by atoms with Crippen LogP contribution >= 0.6 is 0 Å². The van der Waals surface area contributed by atoms with Crippen molar-refractivity contribution in [3.05, 3.63) is 29.8 Å². The first-order chi connectivity index (χ1) is 8.70. The van der Waals surface area contributed by atoms with Crippen LogP contribution in [0.25, 0.3) is 0 Å². The average molecular weight is 249 g/mol. The van der Waals surface area contributed by atoms with Gasteiger partial charge in [0, 0.05) is 0 Å². The number of carbonyl (C=O) groups is 1. The summed E-state index contributed by atoms with van der Waals surface area (Å²) in [7, 11) is 1.64. The standard InChI is InChI=1S/C14H19NO3/c1-3-18-13(16)15-14(9-4-10-14)11-5-7-12(17-2)8-6-11/h5-8H,3-4,9-10H2,1-2H3,(H,15,16). The molecule has 0 spiro atoms. The normalized spacial score (nSPS) is 16.6. The van der Waals surface area contributed by atoms with Crippen LogP contribution in [0.15, 0.2) is 24.3 Å². The second-order valence-electron chi connectivity index (χ2n) is 4.51. The molecule has 1 aromatic carbocycles. The molecular formula is C14H19NO3. The van der Waals surface area contributed by atoms with E-state index in [1.807, 2.05) is 24.3 Å². The number of carbonyl (C=O) groups excluding carboxylic acids is 1. The molecule has 0 saturated heterocycles. The monoisotopic (exact) mass is 249 g/mol. The first-order valence-corrected chi connectivity index (χ1v) is 6.29. The summed E-state index contributed by atoms with van der Waals surface area (Å²) in [6.45, 7) is 2.20. The molecule has 1 aliphatic carbocycles. The Balaban J connectivity index is 2.13. The van der Waals surface area contributed by atoms with Gasteiger partial charge in [0.2, 0.25) is 0 Å². The Hall–Kier alpha value is -1.71. The van der Waals surface area contributed by atoms with Crippen LogP contribution in [0, 0.1) is 0 Å². The molecule has 98 valence electrons. The summed E-state index contributed by atoms with van der Waals surface area (Å²) in [4.78, 5) is 11.6. The molecule has 0 aromatic heterocycles. The van der Waals surface area contributed by atoms with Gasteiger partial charge < -0.3 is 14.8 Å². The van der Waals surface area contributed by atoms with Gasteiger partial charge in [-0.1, -0.05) is 12.1 Å². The van der Waals surface area contributed by atoms with E-state index in [1.165, 1.54) is 0 Å². The number of rotatable bonds is 4. The highest BCUT2D eigenvalue weighted by Gasteiger charge is 2.40. The van der Waals surface area contributed by atoms with Crippen LogP contribution in [0.4, 0.5) is 4.79 Å². The molecule has 2 rings (SSSR count). The molecule has 1 N–H and O–H groups in total. The predicted molar refractivity (Wildman–Crippen MR) is 68.7 cm³/mol. The highest BCUT2D eigenvalue weighted by molar-refractivity contribution is 5.69. The lowest BCUT2D eigenvalue weighted by Gasteiger charge is -2.42. The molecule has 0 bridgehead atoms. The maximum absolute atomic E-state index is 11.6. The Bertz CT molecular complexity index is 410. The van der Waals surface area contributed by atoms with Crippen molar-refractivity contribution in [1.29, 1.82) is 0 Å². The van der Waals surface area contributed by atoms with Crippen LogP contribution in [-0.2, 0) is 10.3 Å². The van der Waals surface area contributed by atoms with Gasteiger partial charge in [0.05, 0.1) is 19.3 Å². The second-order valence-corrected chi connectivity index (χ2v) is 4.51. The Labute approximate surface area is 107 Å². The molecule has 1 aromatic rings. The third-order valence-corrected chi connectivity index (χ3v) is 3.47. The van der Waals surface area contributed by atoms with Crippen LogP contribution in [-0.4, -0.2) is 19.8 Å². The zero-order chi connectivity index (χ0) is 13.0. The average Bonchev–Trinajstić information content (AvgIpc) is 2.34. The van der Waals surface area contributed by atoms with Crippen molar-refractivity contribution in [3.63, 3.8) is 0 Å². The molecule has 0 heterocycles. The van der Waals surface area contributed by atoms with E-state index in [9.17, 15) is 4.79 Å². The first-order valence-electron chi connectivity index (χ1n) is 6.29. The molecule has 0 aliphatic heterocycles. The summed E-state index contributed by atoms with van der Waals surface area (Å²) in [6.07, 6.45) is 2.70. The van der Waals surface area contributed by atoms with E-state index in [0.717, 1.165) is 30.6 Å². The van der Waals surface area contributed by atoms with Crippen LogP contribution in [0.5, 0.6) is 5.75 Å². The van der Waals surface area contributed by atoms with Gasteiger partial charge in [0.25, 0.3) is 0 Å². The van der Waals surface area contributed by atoms with E-state index in [4.69, 9.17) is 9.47 Å². The van der Waals surface area contributed by atoms with Gasteiger partial charge in [-0.15, -0.1) is 0 Å². The maximum atomic E-state index is 11.6. The SMILES string of the molecule is CCOC(=O)NC1(c2ccc(OC)cc2)CCC1. The van der Waals surface area contributed by atoms with Crippen molar-refractivity contribution >= 4 is 6.09 Å². The third-order valence-electron chi connectivity index (χ3n) is 3.47. The zero-order valence-electron chi connectivity index (χ0n) is 10.9. The van der Waals surface area contributed by atoms with Crippen molar-refractivity contribution in [2.45, 2.75) is 31.7 Å². The summed E-state index contributed by atoms with van der Waals surface area (Å²) >= 11 is 0. The molecule has 1 amide bonds. The van der Waals surface area contributed by atoms with Crippen LogP contribution < -0.4 is 10.1 Å². The molecule has 4 nitrogen and oxygen atoms in total. The third kappa shape index (κ3) is 2.42. The molecule has 1 saturated carbocycles. The lowest BCUT2D eigenvalue weighted by Crippen LogP contribution is -2.50. The fourth-order valence-electron chi connectivity index (χ4n) is 2.29. The van der Waals surface area contributed by atoms with Crippen molar-refractivity contribution < 1.29 is 14.3 Å². The summed E-state index contributed by atoms with van der Waals surface area (Å²) in [5, 5.41) is 2.98. The van der Waals surface area contributed by atoms with E-state index in [2.05, 4.69) is 5.32 Å².